The van der Waals surface area contributed by atoms with E-state index in [1.807, 2.05) is 73.7 Å². The summed E-state index contributed by atoms with van der Waals surface area (Å²) >= 11 is 0. The van der Waals surface area contributed by atoms with Crippen molar-refractivity contribution in [2.24, 2.45) is 0 Å². The summed E-state index contributed by atoms with van der Waals surface area (Å²) in [5, 5.41) is 4.69. The molecule has 27 heavy (non-hydrogen) atoms. The first-order valence-electron chi connectivity index (χ1n) is 8.75. The Bertz CT molecular complexity index is 1370. The minimum absolute atomic E-state index is 0.136. The Morgan fingerprint density at radius 2 is 1.41 bits per heavy atom. The molecule has 2 heterocycles. The smallest absolute Gasteiger partial charge is 0.268 e. The zero-order valence-corrected chi connectivity index (χ0v) is 14.7. The summed E-state index contributed by atoms with van der Waals surface area (Å²) < 4.78 is 1.56. The number of benzene rings is 3. The van der Waals surface area contributed by atoms with Crippen LogP contribution < -0.4 is 10.9 Å². The highest BCUT2D eigenvalue weighted by Crippen LogP contribution is 2.23. The fourth-order valence-corrected chi connectivity index (χ4v) is 3.28. The summed E-state index contributed by atoms with van der Waals surface area (Å²) in [5.74, 6) is 0.454. The van der Waals surface area contributed by atoms with Crippen molar-refractivity contribution in [2.75, 3.05) is 5.32 Å². The number of hydrogen-bond donors (Lipinski definition) is 1. The monoisotopic (exact) mass is 352 g/mol. The molecular formula is C22H16N4O. The SMILES string of the molecule is Cc1ccc(Nc2nc3ccccc3c3nc4ccccc4c(=O)n23)cc1. The molecule has 5 aromatic rings. The molecule has 0 saturated heterocycles. The van der Waals surface area contributed by atoms with Gasteiger partial charge in [0.05, 0.1) is 16.4 Å². The van der Waals surface area contributed by atoms with Crippen LogP contribution >= 0.6 is 0 Å². The predicted molar refractivity (Wildman–Crippen MR) is 109 cm³/mol. The number of anilines is 2. The molecule has 0 unspecified atom stereocenters. The van der Waals surface area contributed by atoms with Crippen molar-refractivity contribution in [3.05, 3.63) is 88.7 Å². The highest BCUT2D eigenvalue weighted by Gasteiger charge is 2.14. The van der Waals surface area contributed by atoms with E-state index in [0.29, 0.717) is 22.5 Å². The molecule has 0 radical (unpaired) electrons. The van der Waals surface area contributed by atoms with Crippen LogP contribution in [0.3, 0.4) is 0 Å². The molecule has 5 nitrogen and oxygen atoms in total. The van der Waals surface area contributed by atoms with E-state index < -0.39 is 0 Å². The molecule has 0 aliphatic heterocycles. The van der Waals surface area contributed by atoms with Crippen molar-refractivity contribution in [1.29, 1.82) is 0 Å². The van der Waals surface area contributed by atoms with Gasteiger partial charge in [0, 0.05) is 11.1 Å². The molecule has 0 aliphatic rings. The molecule has 0 fully saturated rings. The lowest BCUT2D eigenvalue weighted by molar-refractivity contribution is 1.05. The van der Waals surface area contributed by atoms with Crippen LogP contribution in [0, 0.1) is 6.92 Å². The van der Waals surface area contributed by atoms with Gasteiger partial charge in [0.1, 0.15) is 0 Å². The highest BCUT2D eigenvalue weighted by atomic mass is 16.1. The van der Waals surface area contributed by atoms with Gasteiger partial charge in [0.2, 0.25) is 5.95 Å². The average molecular weight is 352 g/mol. The van der Waals surface area contributed by atoms with E-state index in [9.17, 15) is 4.79 Å². The quantitative estimate of drug-likeness (QED) is 0.377. The lowest BCUT2D eigenvalue weighted by atomic mass is 10.2. The van der Waals surface area contributed by atoms with Crippen molar-refractivity contribution in [2.45, 2.75) is 6.92 Å². The summed E-state index contributed by atoms with van der Waals surface area (Å²) in [6.45, 7) is 2.04. The van der Waals surface area contributed by atoms with Gasteiger partial charge >= 0.3 is 0 Å². The molecular weight excluding hydrogens is 336 g/mol. The fraction of sp³-hybridized carbons (Fsp3) is 0.0455. The zero-order valence-electron chi connectivity index (χ0n) is 14.7. The Balaban J connectivity index is 1.88. The molecule has 3 aromatic carbocycles. The second-order valence-corrected chi connectivity index (χ2v) is 6.54. The van der Waals surface area contributed by atoms with Gasteiger partial charge in [-0.3, -0.25) is 4.79 Å². The first-order chi connectivity index (χ1) is 13.2. The third kappa shape index (κ3) is 2.52. The Morgan fingerprint density at radius 3 is 2.15 bits per heavy atom. The minimum atomic E-state index is -0.136. The molecule has 0 amide bonds. The number of rotatable bonds is 2. The second kappa shape index (κ2) is 5.92. The Labute approximate surface area is 154 Å². The zero-order chi connectivity index (χ0) is 18.4. The third-order valence-corrected chi connectivity index (χ3v) is 4.67. The summed E-state index contributed by atoms with van der Waals surface area (Å²) in [6.07, 6.45) is 0. The molecule has 0 spiro atoms. The normalized spacial score (nSPS) is 11.3. The largest absolute Gasteiger partial charge is 0.325 e. The Morgan fingerprint density at radius 1 is 0.778 bits per heavy atom. The number of aromatic nitrogens is 3. The van der Waals surface area contributed by atoms with Crippen LogP contribution in [0.1, 0.15) is 5.56 Å². The maximum absolute atomic E-state index is 13.2. The van der Waals surface area contributed by atoms with Crippen molar-refractivity contribution in [3.63, 3.8) is 0 Å². The standard InChI is InChI=1S/C22H16N4O/c1-14-10-12-15(13-11-14)23-22-25-18-8-4-2-6-16(18)20-24-19-9-5-3-7-17(19)21(27)26(20)22/h2-13H,1H3,(H,23,25). The van der Waals surface area contributed by atoms with Crippen molar-refractivity contribution >= 4 is 39.1 Å². The molecule has 5 rings (SSSR count). The second-order valence-electron chi connectivity index (χ2n) is 6.54. The molecule has 0 atom stereocenters. The molecule has 0 saturated carbocycles. The van der Waals surface area contributed by atoms with E-state index in [2.05, 4.69) is 5.32 Å². The summed E-state index contributed by atoms with van der Waals surface area (Å²) in [4.78, 5) is 22.7. The Hall–Kier alpha value is -3.73. The van der Waals surface area contributed by atoms with Crippen LogP contribution in [0.4, 0.5) is 11.6 Å². The Kier molecular flexibility index (Phi) is 3.40. The maximum atomic E-state index is 13.2. The number of hydrogen-bond acceptors (Lipinski definition) is 4. The summed E-state index contributed by atoms with van der Waals surface area (Å²) in [7, 11) is 0. The van der Waals surface area contributed by atoms with Crippen LogP contribution in [-0.4, -0.2) is 14.4 Å². The molecule has 0 aliphatic carbocycles. The van der Waals surface area contributed by atoms with E-state index in [0.717, 1.165) is 16.6 Å². The van der Waals surface area contributed by atoms with Crippen LogP contribution in [0.25, 0.3) is 27.5 Å². The van der Waals surface area contributed by atoms with Gasteiger partial charge in [-0.1, -0.05) is 42.0 Å². The van der Waals surface area contributed by atoms with Crippen molar-refractivity contribution in [3.8, 4) is 0 Å². The number of fused-ring (bicyclic) bond motifs is 4. The van der Waals surface area contributed by atoms with Gasteiger partial charge in [0.25, 0.3) is 5.56 Å². The summed E-state index contributed by atoms with van der Waals surface area (Å²) in [5.41, 5.74) is 3.96. The minimum Gasteiger partial charge on any atom is -0.325 e. The maximum Gasteiger partial charge on any atom is 0.268 e. The fourth-order valence-electron chi connectivity index (χ4n) is 3.28. The van der Waals surface area contributed by atoms with Gasteiger partial charge in [-0.05, 0) is 43.3 Å². The summed E-state index contributed by atoms with van der Waals surface area (Å²) in [6, 6.07) is 23.1. The van der Waals surface area contributed by atoms with Gasteiger partial charge in [-0.2, -0.15) is 0 Å². The molecule has 5 heteroatoms. The van der Waals surface area contributed by atoms with Crippen molar-refractivity contribution in [1.82, 2.24) is 14.4 Å². The van der Waals surface area contributed by atoms with Gasteiger partial charge in [-0.25, -0.2) is 14.4 Å². The molecule has 2 aromatic heterocycles. The number of nitrogens with zero attached hydrogens (tertiary/aromatic N) is 3. The molecule has 0 bridgehead atoms. The average Bonchev–Trinajstić information content (AvgIpc) is 2.70. The van der Waals surface area contributed by atoms with E-state index in [1.54, 1.807) is 10.5 Å². The predicted octanol–water partition coefficient (Wildman–Crippen LogP) is 4.45. The van der Waals surface area contributed by atoms with Crippen LogP contribution in [0.15, 0.2) is 77.6 Å². The molecule has 130 valence electrons. The van der Waals surface area contributed by atoms with Gasteiger partial charge in [0.15, 0.2) is 5.65 Å². The first-order valence-corrected chi connectivity index (χ1v) is 8.75. The van der Waals surface area contributed by atoms with E-state index >= 15 is 0 Å². The third-order valence-electron chi connectivity index (χ3n) is 4.67. The van der Waals surface area contributed by atoms with Crippen LogP contribution in [0.5, 0.6) is 0 Å². The number of nitrogens with one attached hydrogen (secondary N) is 1. The molecule has 1 N–H and O–H groups in total. The van der Waals surface area contributed by atoms with E-state index in [4.69, 9.17) is 9.97 Å². The van der Waals surface area contributed by atoms with E-state index in [-0.39, 0.29) is 5.56 Å². The van der Waals surface area contributed by atoms with Crippen LogP contribution in [0.2, 0.25) is 0 Å². The first kappa shape index (κ1) is 15.5. The topological polar surface area (TPSA) is 59.3 Å². The number of para-hydroxylation sites is 2. The lowest BCUT2D eigenvalue weighted by Gasteiger charge is -2.13. The van der Waals surface area contributed by atoms with Crippen LogP contribution in [-0.2, 0) is 0 Å². The highest BCUT2D eigenvalue weighted by molar-refractivity contribution is 5.95. The number of aryl methyl sites for hydroxylation is 1. The lowest BCUT2D eigenvalue weighted by Crippen LogP contribution is -2.19. The van der Waals surface area contributed by atoms with E-state index in [1.165, 1.54) is 5.56 Å². The van der Waals surface area contributed by atoms with Crippen molar-refractivity contribution < 1.29 is 0 Å². The van der Waals surface area contributed by atoms with Gasteiger partial charge < -0.3 is 5.32 Å². The van der Waals surface area contributed by atoms with Gasteiger partial charge in [-0.15, -0.1) is 0 Å².